The molecule has 0 bridgehead atoms. The molecule has 0 spiro atoms. The van der Waals surface area contributed by atoms with Crippen LogP contribution < -0.4 is 10.9 Å². The van der Waals surface area contributed by atoms with Crippen molar-refractivity contribution in [3.8, 4) is 0 Å². The fourth-order valence-corrected chi connectivity index (χ4v) is 4.53. The second-order valence-corrected chi connectivity index (χ2v) is 9.14. The van der Waals surface area contributed by atoms with E-state index in [1.54, 1.807) is 0 Å². The number of imidazole rings is 1. The van der Waals surface area contributed by atoms with E-state index in [2.05, 4.69) is 72.7 Å². The summed E-state index contributed by atoms with van der Waals surface area (Å²) in [6.07, 6.45) is 3.49. The summed E-state index contributed by atoms with van der Waals surface area (Å²) in [4.78, 5) is 16.6. The Morgan fingerprint density at radius 3 is 2.22 bits per heavy atom. The average molecular weight is 480 g/mol. The molecule has 2 heterocycles. The van der Waals surface area contributed by atoms with Gasteiger partial charge in [0.25, 0.3) is 5.89 Å². The van der Waals surface area contributed by atoms with Crippen LogP contribution in [0.2, 0.25) is 0 Å². The first kappa shape index (κ1) is 23.4. The molecule has 5 aromatic rings. The SMILES string of the molecule is Cc1ccc(C[C@@H](CNC(=O)c2ncco2)n2c(=N)n(Cc3ccc(C)cc3)c3ccccc32)cc1. The topological polar surface area (TPSA) is 88.8 Å². The van der Waals surface area contributed by atoms with Gasteiger partial charge < -0.3 is 18.9 Å². The van der Waals surface area contributed by atoms with E-state index in [0.29, 0.717) is 25.1 Å². The maximum absolute atomic E-state index is 12.6. The minimum Gasteiger partial charge on any atom is -0.441 e. The van der Waals surface area contributed by atoms with Gasteiger partial charge >= 0.3 is 5.91 Å². The highest BCUT2D eigenvalue weighted by atomic mass is 16.3. The first-order valence-corrected chi connectivity index (χ1v) is 12.0. The minimum absolute atomic E-state index is 0.0296. The number of aryl methyl sites for hydroxylation is 2. The van der Waals surface area contributed by atoms with Crippen molar-refractivity contribution in [2.75, 3.05) is 6.54 Å². The number of oxazole rings is 1. The van der Waals surface area contributed by atoms with Gasteiger partial charge in [0.2, 0.25) is 5.62 Å². The molecular formula is C29H29N5O2. The molecule has 0 aliphatic carbocycles. The van der Waals surface area contributed by atoms with Crippen LogP contribution in [0.15, 0.2) is 89.7 Å². The van der Waals surface area contributed by atoms with Crippen molar-refractivity contribution in [3.05, 3.63) is 119 Å². The normalized spacial score (nSPS) is 12.1. The van der Waals surface area contributed by atoms with E-state index in [1.165, 1.54) is 23.6 Å². The summed E-state index contributed by atoms with van der Waals surface area (Å²) in [5, 5.41) is 12.2. The van der Waals surface area contributed by atoms with Crippen LogP contribution in [0.1, 0.15) is 39.0 Å². The van der Waals surface area contributed by atoms with Crippen LogP contribution in [0, 0.1) is 19.3 Å². The Morgan fingerprint density at radius 2 is 1.58 bits per heavy atom. The van der Waals surface area contributed by atoms with E-state index < -0.39 is 0 Å². The number of nitrogens with one attached hydrogen (secondary N) is 2. The van der Waals surface area contributed by atoms with Gasteiger partial charge in [0, 0.05) is 6.54 Å². The Morgan fingerprint density at radius 1 is 0.944 bits per heavy atom. The summed E-state index contributed by atoms with van der Waals surface area (Å²) in [5.41, 5.74) is 6.99. The van der Waals surface area contributed by atoms with Gasteiger partial charge in [0.05, 0.1) is 29.8 Å². The number of rotatable bonds is 8. The van der Waals surface area contributed by atoms with Crippen LogP contribution in [0.3, 0.4) is 0 Å². The van der Waals surface area contributed by atoms with Crippen molar-refractivity contribution >= 4 is 16.9 Å². The maximum atomic E-state index is 12.6. The lowest BCUT2D eigenvalue weighted by Gasteiger charge is -2.20. The number of carbonyl (C=O) groups is 1. The van der Waals surface area contributed by atoms with Crippen molar-refractivity contribution in [2.24, 2.45) is 0 Å². The molecule has 3 aromatic carbocycles. The highest BCUT2D eigenvalue weighted by molar-refractivity contribution is 5.89. The summed E-state index contributed by atoms with van der Waals surface area (Å²) in [7, 11) is 0. The van der Waals surface area contributed by atoms with E-state index in [9.17, 15) is 10.2 Å². The average Bonchev–Trinajstić information content (AvgIpc) is 3.52. The molecule has 0 unspecified atom stereocenters. The monoisotopic (exact) mass is 479 g/mol. The number of amides is 1. The van der Waals surface area contributed by atoms with Gasteiger partial charge in [-0.25, -0.2) is 4.98 Å². The van der Waals surface area contributed by atoms with Crippen molar-refractivity contribution < 1.29 is 9.21 Å². The smallest absolute Gasteiger partial charge is 0.307 e. The number of para-hydroxylation sites is 2. The Kier molecular flexibility index (Phi) is 6.54. The standard InChI is InChI=1S/C29H29N5O2/c1-20-7-11-22(12-8-20)17-24(18-32-27(35)28-31-15-16-36-28)34-26-6-4-3-5-25(26)33(29(34)30)19-23-13-9-21(2)10-14-23/h3-16,24,30H,17-19H2,1-2H3,(H,32,35)/t24-/m0/s1. The van der Waals surface area contributed by atoms with Crippen LogP contribution in [-0.2, 0) is 13.0 Å². The number of nitrogens with zero attached hydrogens (tertiary/aromatic N) is 3. The van der Waals surface area contributed by atoms with Gasteiger partial charge in [-0.15, -0.1) is 0 Å². The van der Waals surface area contributed by atoms with Gasteiger partial charge in [-0.2, -0.15) is 0 Å². The molecule has 0 fully saturated rings. The molecule has 0 saturated heterocycles. The fourth-order valence-electron chi connectivity index (χ4n) is 4.53. The minimum atomic E-state index is -0.371. The number of hydrogen-bond acceptors (Lipinski definition) is 4. The Bertz CT molecular complexity index is 1530. The van der Waals surface area contributed by atoms with E-state index in [1.807, 2.05) is 33.4 Å². The zero-order valence-corrected chi connectivity index (χ0v) is 20.4. The zero-order valence-electron chi connectivity index (χ0n) is 20.4. The fraction of sp³-hybridized carbons (Fsp3) is 0.207. The molecule has 0 aliphatic rings. The highest BCUT2D eigenvalue weighted by Crippen LogP contribution is 2.22. The Hall–Kier alpha value is -4.39. The van der Waals surface area contributed by atoms with Gasteiger partial charge in [-0.1, -0.05) is 71.8 Å². The third-order valence-corrected chi connectivity index (χ3v) is 6.46. The van der Waals surface area contributed by atoms with E-state index in [4.69, 9.17) is 4.42 Å². The summed E-state index contributed by atoms with van der Waals surface area (Å²) in [6, 6.07) is 24.7. The van der Waals surface area contributed by atoms with Crippen molar-refractivity contribution in [1.29, 1.82) is 5.41 Å². The highest BCUT2D eigenvalue weighted by Gasteiger charge is 2.21. The van der Waals surface area contributed by atoms with Crippen LogP contribution >= 0.6 is 0 Å². The lowest BCUT2D eigenvalue weighted by molar-refractivity contribution is 0.0912. The number of hydrogen-bond donors (Lipinski definition) is 2. The summed E-state index contributed by atoms with van der Waals surface area (Å²) in [6.45, 7) is 5.05. The van der Waals surface area contributed by atoms with Crippen molar-refractivity contribution in [3.63, 3.8) is 0 Å². The maximum Gasteiger partial charge on any atom is 0.307 e. The van der Waals surface area contributed by atoms with Gasteiger partial charge in [0.1, 0.15) is 6.26 Å². The van der Waals surface area contributed by atoms with Gasteiger partial charge in [-0.3, -0.25) is 10.2 Å². The molecule has 182 valence electrons. The van der Waals surface area contributed by atoms with Gasteiger partial charge in [0.15, 0.2) is 0 Å². The molecule has 0 radical (unpaired) electrons. The second kappa shape index (κ2) is 10.1. The first-order valence-electron chi connectivity index (χ1n) is 12.0. The van der Waals surface area contributed by atoms with Gasteiger partial charge in [-0.05, 0) is 43.5 Å². The largest absolute Gasteiger partial charge is 0.441 e. The number of aromatic nitrogens is 3. The van der Waals surface area contributed by atoms with Crippen molar-refractivity contribution in [1.82, 2.24) is 19.4 Å². The van der Waals surface area contributed by atoms with Crippen LogP contribution in [0.4, 0.5) is 0 Å². The lowest BCUT2D eigenvalue weighted by atomic mass is 10.0. The predicted octanol–water partition coefficient (Wildman–Crippen LogP) is 4.79. The molecule has 36 heavy (non-hydrogen) atoms. The van der Waals surface area contributed by atoms with Crippen LogP contribution in [-0.4, -0.2) is 26.6 Å². The first-order chi connectivity index (χ1) is 17.5. The molecular weight excluding hydrogens is 450 g/mol. The van der Waals surface area contributed by atoms with Crippen LogP contribution in [0.25, 0.3) is 11.0 Å². The number of fused-ring (bicyclic) bond motifs is 1. The summed E-state index contributed by atoms with van der Waals surface area (Å²) >= 11 is 0. The lowest BCUT2D eigenvalue weighted by Crippen LogP contribution is -2.37. The van der Waals surface area contributed by atoms with E-state index in [0.717, 1.165) is 22.2 Å². The second-order valence-electron chi connectivity index (χ2n) is 9.14. The zero-order chi connectivity index (χ0) is 25.1. The quantitative estimate of drug-likeness (QED) is 0.335. The molecule has 7 nitrogen and oxygen atoms in total. The van der Waals surface area contributed by atoms with E-state index >= 15 is 0 Å². The molecule has 1 amide bonds. The molecule has 1 atom stereocenters. The Labute approximate surface area is 209 Å². The number of benzene rings is 3. The summed E-state index contributed by atoms with van der Waals surface area (Å²) < 4.78 is 9.22. The molecule has 5 rings (SSSR count). The molecule has 2 N–H and O–H groups in total. The van der Waals surface area contributed by atoms with E-state index in [-0.39, 0.29) is 17.8 Å². The Balaban J connectivity index is 1.54. The molecule has 0 saturated carbocycles. The number of carbonyl (C=O) groups excluding carboxylic acids is 1. The summed E-state index contributed by atoms with van der Waals surface area (Å²) in [5.74, 6) is -0.341. The molecule has 7 heteroatoms. The van der Waals surface area contributed by atoms with Crippen LogP contribution in [0.5, 0.6) is 0 Å². The van der Waals surface area contributed by atoms with Crippen molar-refractivity contribution in [2.45, 2.75) is 32.9 Å². The third-order valence-electron chi connectivity index (χ3n) is 6.46. The molecule has 2 aromatic heterocycles. The molecule has 0 aliphatic heterocycles. The third kappa shape index (κ3) is 4.86. The predicted molar refractivity (Wildman–Crippen MR) is 139 cm³/mol.